The number of amides is 1. The molecule has 1 fully saturated rings. The summed E-state index contributed by atoms with van der Waals surface area (Å²) in [7, 11) is 0. The monoisotopic (exact) mass is 810 g/mol. The molecule has 336 valence electrons. The first kappa shape index (κ1) is 53.7. The molecule has 9 nitrogen and oxygen atoms in total. The van der Waals surface area contributed by atoms with Gasteiger partial charge in [-0.3, -0.25) is 4.79 Å². The minimum Gasteiger partial charge on any atom is -0.394 e. The number of aliphatic hydroxyl groups excluding tert-OH is 5. The predicted molar refractivity (Wildman–Crippen MR) is 235 cm³/mol. The molecule has 57 heavy (non-hydrogen) atoms. The molecule has 7 atom stereocenters. The standard InChI is InChI=1S/C48H91NO8/c1-3-5-7-9-11-13-14-15-16-17-18-19-20-21-22-23-24-25-26-27-28-30-32-34-36-38-44(52)49-41(42(51)37-35-33-31-29-12-10-8-6-4-2)40-56-48-47(55)46(54)45(53)43(39-50)57-48/h12,29,35,37,41-43,45-48,50-51,53-55H,3-11,13-28,30-34,36,38-40H2,1-2H3,(H,49,52)/b29-12+,37-35+. The van der Waals surface area contributed by atoms with Crippen LogP contribution in [-0.2, 0) is 14.3 Å². The van der Waals surface area contributed by atoms with Gasteiger partial charge in [0.1, 0.15) is 24.4 Å². The Kier molecular flexibility index (Phi) is 36.6. The van der Waals surface area contributed by atoms with E-state index in [1.165, 1.54) is 161 Å². The molecule has 0 aromatic rings. The summed E-state index contributed by atoms with van der Waals surface area (Å²) in [5.41, 5.74) is 0. The molecule has 1 saturated heterocycles. The van der Waals surface area contributed by atoms with Gasteiger partial charge in [0.15, 0.2) is 6.29 Å². The van der Waals surface area contributed by atoms with E-state index in [9.17, 15) is 30.3 Å². The lowest BCUT2D eigenvalue weighted by atomic mass is 9.99. The van der Waals surface area contributed by atoms with Crippen molar-refractivity contribution in [1.82, 2.24) is 5.32 Å². The smallest absolute Gasteiger partial charge is 0.220 e. The summed E-state index contributed by atoms with van der Waals surface area (Å²) in [6, 6.07) is -0.815. The number of carbonyl (C=O) groups is 1. The molecule has 0 bridgehead atoms. The Morgan fingerprint density at radius 2 is 1.00 bits per heavy atom. The van der Waals surface area contributed by atoms with E-state index < -0.39 is 49.5 Å². The molecule has 0 aromatic heterocycles. The van der Waals surface area contributed by atoms with Crippen LogP contribution in [0, 0.1) is 0 Å². The molecular weight excluding hydrogens is 719 g/mol. The molecule has 6 N–H and O–H groups in total. The number of allylic oxidation sites excluding steroid dienone is 3. The zero-order chi connectivity index (χ0) is 41.6. The van der Waals surface area contributed by atoms with Crippen LogP contribution in [0.15, 0.2) is 24.3 Å². The highest BCUT2D eigenvalue weighted by atomic mass is 16.7. The molecule has 1 aliphatic rings. The molecule has 7 unspecified atom stereocenters. The van der Waals surface area contributed by atoms with Crippen LogP contribution in [-0.4, -0.2) is 87.5 Å². The van der Waals surface area contributed by atoms with Gasteiger partial charge in [0.2, 0.25) is 5.91 Å². The Morgan fingerprint density at radius 3 is 1.47 bits per heavy atom. The Labute approximate surface area is 349 Å². The second kappa shape index (κ2) is 38.8. The summed E-state index contributed by atoms with van der Waals surface area (Å²) >= 11 is 0. The SMILES string of the molecule is CCCCC/C=C/CC/C=C/C(O)C(COC1OC(CO)C(O)C(O)C1O)NC(=O)CCCCCCCCCCCCCCCCCCCCCCCCCCC. The molecule has 0 aliphatic carbocycles. The van der Waals surface area contributed by atoms with Crippen LogP contribution in [0.25, 0.3) is 0 Å². The predicted octanol–water partition coefficient (Wildman–Crippen LogP) is 10.3. The summed E-state index contributed by atoms with van der Waals surface area (Å²) in [5.74, 6) is -0.186. The van der Waals surface area contributed by atoms with Crippen molar-refractivity contribution in [2.45, 2.75) is 262 Å². The molecule has 0 radical (unpaired) electrons. The van der Waals surface area contributed by atoms with Gasteiger partial charge in [-0.2, -0.15) is 0 Å². The van der Waals surface area contributed by atoms with Crippen molar-refractivity contribution in [3.05, 3.63) is 24.3 Å². The van der Waals surface area contributed by atoms with E-state index in [0.29, 0.717) is 6.42 Å². The van der Waals surface area contributed by atoms with E-state index in [1.54, 1.807) is 6.08 Å². The summed E-state index contributed by atoms with van der Waals surface area (Å²) in [6.45, 7) is 3.71. The zero-order valence-electron chi connectivity index (χ0n) is 36.9. The molecule has 0 saturated carbocycles. The maximum Gasteiger partial charge on any atom is 0.220 e. The molecule has 1 amide bonds. The van der Waals surface area contributed by atoms with Crippen molar-refractivity contribution < 1.29 is 39.8 Å². The number of unbranched alkanes of at least 4 members (excludes halogenated alkanes) is 28. The average molecular weight is 810 g/mol. The number of rotatable bonds is 40. The molecule has 0 spiro atoms. The Hall–Kier alpha value is -1.33. The number of aliphatic hydroxyl groups is 5. The van der Waals surface area contributed by atoms with E-state index in [2.05, 4.69) is 31.3 Å². The van der Waals surface area contributed by atoms with Crippen molar-refractivity contribution in [3.63, 3.8) is 0 Å². The normalized spacial score (nSPS) is 21.1. The topological polar surface area (TPSA) is 149 Å². The number of hydrogen-bond acceptors (Lipinski definition) is 8. The van der Waals surface area contributed by atoms with Crippen molar-refractivity contribution in [2.75, 3.05) is 13.2 Å². The van der Waals surface area contributed by atoms with Gasteiger partial charge < -0.3 is 40.3 Å². The maximum atomic E-state index is 12.9. The Bertz CT molecular complexity index is 945. The van der Waals surface area contributed by atoms with Gasteiger partial charge in [-0.05, 0) is 32.1 Å². The van der Waals surface area contributed by atoms with E-state index in [0.717, 1.165) is 38.5 Å². The first-order valence-electron chi connectivity index (χ1n) is 24.1. The first-order chi connectivity index (χ1) is 27.8. The van der Waals surface area contributed by atoms with Gasteiger partial charge in [-0.25, -0.2) is 0 Å². The fourth-order valence-electron chi connectivity index (χ4n) is 7.64. The third kappa shape index (κ3) is 29.5. The van der Waals surface area contributed by atoms with Gasteiger partial charge in [0.05, 0.1) is 25.4 Å². The average Bonchev–Trinajstić information content (AvgIpc) is 3.21. The highest BCUT2D eigenvalue weighted by Gasteiger charge is 2.44. The highest BCUT2D eigenvalue weighted by Crippen LogP contribution is 2.23. The minimum absolute atomic E-state index is 0.186. The summed E-state index contributed by atoms with van der Waals surface area (Å²) in [5, 5.41) is 54.0. The van der Waals surface area contributed by atoms with Crippen LogP contribution >= 0.6 is 0 Å². The zero-order valence-corrected chi connectivity index (χ0v) is 36.9. The number of nitrogens with one attached hydrogen (secondary N) is 1. The second-order valence-corrected chi connectivity index (χ2v) is 16.9. The minimum atomic E-state index is -1.57. The molecule has 1 rings (SSSR count). The summed E-state index contributed by atoms with van der Waals surface area (Å²) < 4.78 is 11.2. The Balaban J connectivity index is 2.18. The van der Waals surface area contributed by atoms with E-state index in [1.807, 2.05) is 6.08 Å². The molecule has 1 aliphatic heterocycles. The third-order valence-corrected chi connectivity index (χ3v) is 11.5. The van der Waals surface area contributed by atoms with Crippen LogP contribution in [0.2, 0.25) is 0 Å². The lowest BCUT2D eigenvalue weighted by Crippen LogP contribution is -2.60. The largest absolute Gasteiger partial charge is 0.394 e. The Morgan fingerprint density at radius 1 is 0.579 bits per heavy atom. The lowest BCUT2D eigenvalue weighted by molar-refractivity contribution is -0.302. The molecule has 1 heterocycles. The fourth-order valence-corrected chi connectivity index (χ4v) is 7.64. The maximum absolute atomic E-state index is 12.9. The fraction of sp³-hybridized carbons (Fsp3) is 0.896. The van der Waals surface area contributed by atoms with Crippen LogP contribution < -0.4 is 5.32 Å². The van der Waals surface area contributed by atoms with E-state index >= 15 is 0 Å². The van der Waals surface area contributed by atoms with Gasteiger partial charge in [0, 0.05) is 6.42 Å². The van der Waals surface area contributed by atoms with Gasteiger partial charge in [-0.15, -0.1) is 0 Å². The molecule has 0 aromatic carbocycles. The van der Waals surface area contributed by atoms with Crippen molar-refractivity contribution in [1.29, 1.82) is 0 Å². The van der Waals surface area contributed by atoms with E-state index in [4.69, 9.17) is 9.47 Å². The lowest BCUT2D eigenvalue weighted by Gasteiger charge is -2.40. The first-order valence-corrected chi connectivity index (χ1v) is 24.1. The molecule has 9 heteroatoms. The van der Waals surface area contributed by atoms with Crippen LogP contribution in [0.1, 0.15) is 219 Å². The van der Waals surface area contributed by atoms with Crippen molar-refractivity contribution in [2.24, 2.45) is 0 Å². The van der Waals surface area contributed by atoms with Crippen LogP contribution in [0.3, 0.4) is 0 Å². The van der Waals surface area contributed by atoms with Gasteiger partial charge >= 0.3 is 0 Å². The molecular formula is C48H91NO8. The summed E-state index contributed by atoms with van der Waals surface area (Å²) in [4.78, 5) is 12.9. The third-order valence-electron chi connectivity index (χ3n) is 11.5. The van der Waals surface area contributed by atoms with Crippen molar-refractivity contribution in [3.8, 4) is 0 Å². The number of carbonyl (C=O) groups excluding carboxylic acids is 1. The van der Waals surface area contributed by atoms with E-state index in [-0.39, 0.29) is 12.5 Å². The quantitative estimate of drug-likeness (QED) is 0.0265. The second-order valence-electron chi connectivity index (χ2n) is 16.9. The van der Waals surface area contributed by atoms with Crippen LogP contribution in [0.4, 0.5) is 0 Å². The van der Waals surface area contributed by atoms with Gasteiger partial charge in [-0.1, -0.05) is 205 Å². The summed E-state index contributed by atoms with van der Waals surface area (Å²) in [6.07, 6.45) is 39.7. The number of hydrogen-bond donors (Lipinski definition) is 6. The van der Waals surface area contributed by atoms with Crippen LogP contribution in [0.5, 0.6) is 0 Å². The highest BCUT2D eigenvalue weighted by molar-refractivity contribution is 5.76. The van der Waals surface area contributed by atoms with Gasteiger partial charge in [0.25, 0.3) is 0 Å². The van der Waals surface area contributed by atoms with Crippen molar-refractivity contribution >= 4 is 5.91 Å². The number of ether oxygens (including phenoxy) is 2.